The van der Waals surface area contributed by atoms with Gasteiger partial charge in [0.25, 0.3) is 0 Å². The van der Waals surface area contributed by atoms with E-state index in [9.17, 15) is 8.78 Å². The van der Waals surface area contributed by atoms with Crippen LogP contribution in [-0.2, 0) is 6.54 Å². The molecule has 0 aliphatic carbocycles. The molecule has 2 heterocycles. The van der Waals surface area contributed by atoms with Crippen molar-refractivity contribution in [2.75, 3.05) is 6.54 Å². The van der Waals surface area contributed by atoms with E-state index in [0.29, 0.717) is 18.2 Å². The smallest absolute Gasteiger partial charge is 0.163 e. The molecule has 0 bridgehead atoms. The van der Waals surface area contributed by atoms with Gasteiger partial charge in [0, 0.05) is 23.0 Å². The lowest BCUT2D eigenvalue weighted by Crippen LogP contribution is -2.28. The van der Waals surface area contributed by atoms with E-state index in [-0.39, 0.29) is 0 Å². The molecule has 1 fully saturated rings. The quantitative estimate of drug-likeness (QED) is 0.758. The molecule has 1 aromatic carbocycles. The minimum absolute atomic E-state index is 0.329. The first-order chi connectivity index (χ1) is 10.3. The second-order valence-corrected chi connectivity index (χ2v) is 6.54. The van der Waals surface area contributed by atoms with Crippen LogP contribution >= 0.6 is 11.3 Å². The monoisotopic (exact) mass is 307 g/mol. The molecule has 1 aliphatic rings. The Bertz CT molecular complexity index is 582. The second-order valence-electron chi connectivity index (χ2n) is 5.56. The lowest BCUT2D eigenvalue weighted by molar-refractivity contribution is 0.192. The van der Waals surface area contributed by atoms with Gasteiger partial charge in [-0.3, -0.25) is 4.90 Å². The zero-order valence-electron chi connectivity index (χ0n) is 11.9. The summed E-state index contributed by atoms with van der Waals surface area (Å²) in [7, 11) is 0. The summed E-state index contributed by atoms with van der Waals surface area (Å²) in [5.41, 5.74) is 0.457. The molecule has 4 heteroatoms. The summed E-state index contributed by atoms with van der Waals surface area (Å²) in [5.74, 6) is -1.46. The van der Waals surface area contributed by atoms with Gasteiger partial charge < -0.3 is 0 Å². The van der Waals surface area contributed by atoms with E-state index in [1.807, 2.05) is 0 Å². The van der Waals surface area contributed by atoms with Gasteiger partial charge in [0.1, 0.15) is 0 Å². The number of thiophene rings is 1. The fourth-order valence-corrected chi connectivity index (χ4v) is 3.94. The number of nitrogens with zero attached hydrogens (tertiary/aromatic N) is 1. The summed E-state index contributed by atoms with van der Waals surface area (Å²) in [4.78, 5) is 3.63. The molecule has 0 N–H and O–H groups in total. The number of halogens is 2. The first-order valence-corrected chi connectivity index (χ1v) is 8.34. The van der Waals surface area contributed by atoms with Gasteiger partial charge in [-0.05, 0) is 36.9 Å². The van der Waals surface area contributed by atoms with E-state index in [1.54, 1.807) is 23.5 Å². The molecular formula is C17H19F2NS. The number of likely N-dealkylation sites (tertiary alicyclic amines) is 1. The Balaban J connectivity index is 1.84. The molecule has 1 unspecified atom stereocenters. The van der Waals surface area contributed by atoms with Crippen LogP contribution in [0.2, 0.25) is 0 Å². The number of rotatable bonds is 3. The third-order valence-electron chi connectivity index (χ3n) is 4.14. The minimum Gasteiger partial charge on any atom is -0.291 e. The maximum Gasteiger partial charge on any atom is 0.163 e. The van der Waals surface area contributed by atoms with E-state index in [4.69, 9.17) is 0 Å². The fourth-order valence-electron chi connectivity index (χ4n) is 3.05. The van der Waals surface area contributed by atoms with Gasteiger partial charge in [-0.25, -0.2) is 8.78 Å². The van der Waals surface area contributed by atoms with Crippen LogP contribution in [0.3, 0.4) is 0 Å². The molecule has 21 heavy (non-hydrogen) atoms. The molecule has 112 valence electrons. The lowest BCUT2D eigenvalue weighted by atomic mass is 10.1. The van der Waals surface area contributed by atoms with Crippen molar-refractivity contribution in [3.8, 4) is 0 Å². The Kier molecular flexibility index (Phi) is 4.66. The van der Waals surface area contributed by atoms with E-state index < -0.39 is 11.6 Å². The zero-order chi connectivity index (χ0) is 14.7. The first-order valence-electron chi connectivity index (χ1n) is 7.46. The maximum atomic E-state index is 13.9. The van der Waals surface area contributed by atoms with E-state index >= 15 is 0 Å². The molecule has 2 aromatic rings. The largest absolute Gasteiger partial charge is 0.291 e. The van der Waals surface area contributed by atoms with Crippen molar-refractivity contribution in [2.45, 2.75) is 38.3 Å². The van der Waals surface area contributed by atoms with E-state index in [1.165, 1.54) is 23.8 Å². The summed E-state index contributed by atoms with van der Waals surface area (Å²) in [5, 5.41) is 2.08. The molecule has 1 nitrogen and oxygen atoms in total. The second kappa shape index (κ2) is 6.67. The predicted octanol–water partition coefficient (Wildman–Crippen LogP) is 5.14. The van der Waals surface area contributed by atoms with Crippen LogP contribution in [0.5, 0.6) is 0 Å². The van der Waals surface area contributed by atoms with Crippen molar-refractivity contribution in [3.63, 3.8) is 0 Å². The summed E-state index contributed by atoms with van der Waals surface area (Å²) in [6, 6.07) is 9.00. The van der Waals surface area contributed by atoms with E-state index in [2.05, 4.69) is 22.4 Å². The minimum atomic E-state index is -0.755. The van der Waals surface area contributed by atoms with Crippen molar-refractivity contribution >= 4 is 11.3 Å². The van der Waals surface area contributed by atoms with Crippen LogP contribution in [-0.4, -0.2) is 11.4 Å². The summed E-state index contributed by atoms with van der Waals surface area (Å²) < 4.78 is 27.3. The van der Waals surface area contributed by atoms with Crippen LogP contribution in [0.15, 0.2) is 35.7 Å². The molecule has 0 spiro atoms. The number of benzene rings is 1. The molecule has 1 atom stereocenters. The third kappa shape index (κ3) is 3.33. The molecular weight excluding hydrogens is 288 g/mol. The highest BCUT2D eigenvalue weighted by Crippen LogP contribution is 2.34. The summed E-state index contributed by atoms with van der Waals surface area (Å²) in [6.45, 7) is 1.42. The van der Waals surface area contributed by atoms with Crippen molar-refractivity contribution < 1.29 is 8.78 Å². The van der Waals surface area contributed by atoms with Gasteiger partial charge in [0.2, 0.25) is 0 Å². The average Bonchev–Trinajstić information content (AvgIpc) is 2.91. The topological polar surface area (TPSA) is 3.24 Å². The van der Waals surface area contributed by atoms with Gasteiger partial charge in [-0.2, -0.15) is 0 Å². The van der Waals surface area contributed by atoms with Crippen LogP contribution < -0.4 is 0 Å². The van der Waals surface area contributed by atoms with Crippen LogP contribution in [0.1, 0.15) is 42.2 Å². The standard InChI is InChI=1S/C17H19F2NS/c18-14-7-4-6-13(17(14)19)12-20-10-3-1-2-8-15(20)16-9-5-11-21-16/h4-7,9,11,15H,1-3,8,10,12H2. The maximum absolute atomic E-state index is 13.9. The van der Waals surface area contributed by atoms with Gasteiger partial charge in [-0.1, -0.05) is 31.0 Å². The molecule has 0 saturated carbocycles. The average molecular weight is 307 g/mol. The highest BCUT2D eigenvalue weighted by Gasteiger charge is 2.24. The fraction of sp³-hybridized carbons (Fsp3) is 0.412. The van der Waals surface area contributed by atoms with Crippen LogP contribution in [0.4, 0.5) is 8.78 Å². The van der Waals surface area contributed by atoms with E-state index in [0.717, 1.165) is 19.4 Å². The molecule has 1 aromatic heterocycles. The van der Waals surface area contributed by atoms with Crippen LogP contribution in [0, 0.1) is 11.6 Å². The van der Waals surface area contributed by atoms with Crippen LogP contribution in [0.25, 0.3) is 0 Å². The van der Waals surface area contributed by atoms with Crippen molar-refractivity contribution in [1.82, 2.24) is 4.90 Å². The molecule has 3 rings (SSSR count). The highest BCUT2D eigenvalue weighted by molar-refractivity contribution is 7.10. The third-order valence-corrected chi connectivity index (χ3v) is 5.11. The molecule has 1 aliphatic heterocycles. The Morgan fingerprint density at radius 2 is 2.00 bits per heavy atom. The normalized spacial score (nSPS) is 20.4. The van der Waals surface area contributed by atoms with Crippen molar-refractivity contribution in [2.24, 2.45) is 0 Å². The van der Waals surface area contributed by atoms with Gasteiger partial charge >= 0.3 is 0 Å². The molecule has 0 radical (unpaired) electrons. The SMILES string of the molecule is Fc1cccc(CN2CCCCCC2c2cccs2)c1F. The molecule has 1 saturated heterocycles. The van der Waals surface area contributed by atoms with Gasteiger partial charge in [0.05, 0.1) is 0 Å². The Hall–Kier alpha value is -1.26. The molecule has 0 amide bonds. The summed E-state index contributed by atoms with van der Waals surface area (Å²) >= 11 is 1.75. The summed E-state index contributed by atoms with van der Waals surface area (Å²) in [6.07, 6.45) is 4.63. The number of hydrogen-bond acceptors (Lipinski definition) is 2. The highest BCUT2D eigenvalue weighted by atomic mass is 32.1. The number of hydrogen-bond donors (Lipinski definition) is 0. The lowest BCUT2D eigenvalue weighted by Gasteiger charge is -2.29. The zero-order valence-corrected chi connectivity index (χ0v) is 12.7. The Labute approximate surface area is 128 Å². The Morgan fingerprint density at radius 1 is 1.10 bits per heavy atom. The van der Waals surface area contributed by atoms with Crippen molar-refractivity contribution in [3.05, 3.63) is 57.8 Å². The Morgan fingerprint density at radius 3 is 2.81 bits per heavy atom. The van der Waals surface area contributed by atoms with Crippen molar-refractivity contribution in [1.29, 1.82) is 0 Å². The predicted molar refractivity (Wildman–Crippen MR) is 82.3 cm³/mol. The van der Waals surface area contributed by atoms with Gasteiger partial charge in [-0.15, -0.1) is 11.3 Å². The van der Waals surface area contributed by atoms with Gasteiger partial charge in [0.15, 0.2) is 11.6 Å². The first kappa shape index (κ1) is 14.7.